The molecule has 1 aromatic rings. The third-order valence-corrected chi connectivity index (χ3v) is 2.97. The third-order valence-electron chi connectivity index (χ3n) is 2.97. The molecule has 0 aromatic heterocycles. The van der Waals surface area contributed by atoms with Gasteiger partial charge in [0.25, 0.3) is 0 Å². The summed E-state index contributed by atoms with van der Waals surface area (Å²) in [7, 11) is 3.94. The van der Waals surface area contributed by atoms with E-state index < -0.39 is 0 Å². The lowest BCUT2D eigenvalue weighted by atomic mass is 9.94. The van der Waals surface area contributed by atoms with Crippen LogP contribution in [0.15, 0.2) is 6.07 Å². The lowest BCUT2D eigenvalue weighted by Gasteiger charge is -2.20. The fourth-order valence-corrected chi connectivity index (χ4v) is 1.86. The van der Waals surface area contributed by atoms with Gasteiger partial charge < -0.3 is 4.90 Å². The molecule has 0 saturated carbocycles. The monoisotopic (exact) mass is 205 g/mol. The molecule has 1 rings (SSSR count). The van der Waals surface area contributed by atoms with Crippen molar-refractivity contribution in [3.8, 4) is 0 Å². The summed E-state index contributed by atoms with van der Waals surface area (Å²) >= 11 is 0. The standard InChI is InChI=1S/C13H19NO/c1-8-7-12(14(5)6)13(11(4)15)10(3)9(8)2/h7H,1-6H3. The van der Waals surface area contributed by atoms with Gasteiger partial charge in [0.05, 0.1) is 0 Å². The number of rotatable bonds is 2. The Bertz CT molecular complexity index is 405. The van der Waals surface area contributed by atoms with Crippen molar-refractivity contribution in [2.45, 2.75) is 27.7 Å². The van der Waals surface area contributed by atoms with Gasteiger partial charge in [-0.15, -0.1) is 0 Å². The smallest absolute Gasteiger partial charge is 0.162 e. The van der Waals surface area contributed by atoms with Crippen LogP contribution in [-0.2, 0) is 0 Å². The van der Waals surface area contributed by atoms with Gasteiger partial charge in [-0.2, -0.15) is 0 Å². The van der Waals surface area contributed by atoms with Crippen LogP contribution < -0.4 is 4.90 Å². The van der Waals surface area contributed by atoms with E-state index in [1.54, 1.807) is 6.92 Å². The molecule has 0 radical (unpaired) electrons. The zero-order valence-electron chi connectivity index (χ0n) is 10.4. The van der Waals surface area contributed by atoms with Gasteiger partial charge in [-0.1, -0.05) is 0 Å². The molecule has 82 valence electrons. The van der Waals surface area contributed by atoms with Crippen molar-refractivity contribution in [2.75, 3.05) is 19.0 Å². The summed E-state index contributed by atoms with van der Waals surface area (Å²) in [5.74, 6) is 0.138. The number of anilines is 1. The summed E-state index contributed by atoms with van der Waals surface area (Å²) in [6, 6.07) is 2.08. The molecular formula is C13H19NO. The molecule has 15 heavy (non-hydrogen) atoms. The van der Waals surface area contributed by atoms with E-state index in [-0.39, 0.29) is 5.78 Å². The van der Waals surface area contributed by atoms with Crippen LogP contribution in [0.4, 0.5) is 5.69 Å². The van der Waals surface area contributed by atoms with Gasteiger partial charge in [0.1, 0.15) is 0 Å². The molecule has 0 bridgehead atoms. The Hall–Kier alpha value is -1.31. The maximum atomic E-state index is 11.6. The van der Waals surface area contributed by atoms with E-state index in [2.05, 4.69) is 19.9 Å². The largest absolute Gasteiger partial charge is 0.377 e. The molecule has 0 N–H and O–H groups in total. The number of hydrogen-bond donors (Lipinski definition) is 0. The van der Waals surface area contributed by atoms with Gasteiger partial charge >= 0.3 is 0 Å². The second-order valence-corrected chi connectivity index (χ2v) is 4.29. The quantitative estimate of drug-likeness (QED) is 0.692. The topological polar surface area (TPSA) is 20.3 Å². The third kappa shape index (κ3) is 2.04. The molecule has 0 atom stereocenters. The molecule has 0 spiro atoms. The van der Waals surface area contributed by atoms with Crippen LogP contribution in [0.25, 0.3) is 0 Å². The Morgan fingerprint density at radius 3 is 2.07 bits per heavy atom. The van der Waals surface area contributed by atoms with Gasteiger partial charge in [0, 0.05) is 25.3 Å². The average Bonchev–Trinajstić information content (AvgIpc) is 2.12. The zero-order chi connectivity index (χ0) is 11.7. The first-order valence-electron chi connectivity index (χ1n) is 5.15. The van der Waals surface area contributed by atoms with E-state index in [0.717, 1.165) is 16.8 Å². The highest BCUT2D eigenvalue weighted by molar-refractivity contribution is 6.01. The number of benzene rings is 1. The van der Waals surface area contributed by atoms with Crippen LogP contribution in [0.5, 0.6) is 0 Å². The minimum absolute atomic E-state index is 0.138. The number of aryl methyl sites for hydroxylation is 1. The number of carbonyl (C=O) groups is 1. The minimum Gasteiger partial charge on any atom is -0.377 e. The fraction of sp³-hybridized carbons (Fsp3) is 0.462. The highest BCUT2D eigenvalue weighted by atomic mass is 16.1. The van der Waals surface area contributed by atoms with Crippen LogP contribution in [0, 0.1) is 20.8 Å². The summed E-state index contributed by atoms with van der Waals surface area (Å²) in [4.78, 5) is 13.6. The molecular weight excluding hydrogens is 186 g/mol. The SMILES string of the molecule is CC(=O)c1c(N(C)C)cc(C)c(C)c1C. The maximum Gasteiger partial charge on any atom is 0.162 e. The molecule has 0 fully saturated rings. The minimum atomic E-state index is 0.138. The van der Waals surface area contributed by atoms with E-state index in [9.17, 15) is 4.79 Å². The van der Waals surface area contributed by atoms with Gasteiger partial charge in [0.2, 0.25) is 0 Å². The number of carbonyl (C=O) groups excluding carboxylic acids is 1. The first kappa shape index (κ1) is 11.8. The van der Waals surface area contributed by atoms with Crippen molar-refractivity contribution in [2.24, 2.45) is 0 Å². The lowest BCUT2D eigenvalue weighted by molar-refractivity contribution is 0.101. The summed E-state index contributed by atoms with van der Waals surface area (Å²) in [5, 5.41) is 0. The summed E-state index contributed by atoms with van der Waals surface area (Å²) in [5.41, 5.74) is 5.42. The molecule has 2 heteroatoms. The molecule has 0 aliphatic rings. The Balaban J connectivity index is 3.58. The van der Waals surface area contributed by atoms with E-state index in [1.165, 1.54) is 11.1 Å². The van der Waals surface area contributed by atoms with Crippen LogP contribution in [-0.4, -0.2) is 19.9 Å². The van der Waals surface area contributed by atoms with E-state index in [0.29, 0.717) is 0 Å². The van der Waals surface area contributed by atoms with Crippen molar-refractivity contribution in [3.63, 3.8) is 0 Å². The molecule has 1 aromatic carbocycles. The lowest BCUT2D eigenvalue weighted by Crippen LogP contribution is -2.15. The average molecular weight is 205 g/mol. The second-order valence-electron chi connectivity index (χ2n) is 4.29. The summed E-state index contributed by atoms with van der Waals surface area (Å²) in [6.07, 6.45) is 0. The Labute approximate surface area is 91.9 Å². The molecule has 0 saturated heterocycles. The molecule has 0 aliphatic carbocycles. The van der Waals surface area contributed by atoms with E-state index in [1.807, 2.05) is 25.9 Å². The van der Waals surface area contributed by atoms with Gasteiger partial charge in [0.15, 0.2) is 5.78 Å². The first-order valence-corrected chi connectivity index (χ1v) is 5.15. The van der Waals surface area contributed by atoms with Gasteiger partial charge in [-0.3, -0.25) is 4.79 Å². The first-order chi connectivity index (χ1) is 6.86. The fourth-order valence-electron chi connectivity index (χ4n) is 1.86. The Morgan fingerprint density at radius 1 is 1.13 bits per heavy atom. The molecule has 0 heterocycles. The van der Waals surface area contributed by atoms with Crippen molar-refractivity contribution in [1.29, 1.82) is 0 Å². The predicted molar refractivity (Wildman–Crippen MR) is 65.0 cm³/mol. The van der Waals surface area contributed by atoms with E-state index >= 15 is 0 Å². The molecule has 2 nitrogen and oxygen atoms in total. The van der Waals surface area contributed by atoms with Gasteiger partial charge in [-0.05, 0) is 50.5 Å². The summed E-state index contributed by atoms with van der Waals surface area (Å²) in [6.45, 7) is 7.80. The molecule has 0 aliphatic heterocycles. The van der Waals surface area contributed by atoms with Crippen molar-refractivity contribution < 1.29 is 4.79 Å². The normalized spacial score (nSPS) is 10.3. The maximum absolute atomic E-state index is 11.6. The highest BCUT2D eigenvalue weighted by Gasteiger charge is 2.15. The van der Waals surface area contributed by atoms with Crippen LogP contribution >= 0.6 is 0 Å². The van der Waals surface area contributed by atoms with E-state index in [4.69, 9.17) is 0 Å². The Morgan fingerprint density at radius 2 is 1.67 bits per heavy atom. The zero-order valence-corrected chi connectivity index (χ0v) is 10.4. The van der Waals surface area contributed by atoms with Crippen LogP contribution in [0.2, 0.25) is 0 Å². The second kappa shape index (κ2) is 4.05. The molecule has 0 amide bonds. The summed E-state index contributed by atoms with van der Waals surface area (Å²) < 4.78 is 0. The van der Waals surface area contributed by atoms with Crippen molar-refractivity contribution in [3.05, 3.63) is 28.3 Å². The number of hydrogen-bond acceptors (Lipinski definition) is 2. The number of ketones is 1. The van der Waals surface area contributed by atoms with Crippen molar-refractivity contribution in [1.82, 2.24) is 0 Å². The van der Waals surface area contributed by atoms with Crippen LogP contribution in [0.1, 0.15) is 34.0 Å². The predicted octanol–water partition coefficient (Wildman–Crippen LogP) is 2.88. The van der Waals surface area contributed by atoms with Crippen LogP contribution in [0.3, 0.4) is 0 Å². The number of nitrogens with zero attached hydrogens (tertiary/aromatic N) is 1. The Kier molecular flexibility index (Phi) is 3.18. The number of Topliss-reactive ketones (excluding diaryl/α,β-unsaturated/α-hetero) is 1. The highest BCUT2D eigenvalue weighted by Crippen LogP contribution is 2.28. The van der Waals surface area contributed by atoms with Gasteiger partial charge in [-0.25, -0.2) is 0 Å². The van der Waals surface area contributed by atoms with Crippen molar-refractivity contribution >= 4 is 11.5 Å². The molecule has 0 unspecified atom stereocenters.